The van der Waals surface area contributed by atoms with Gasteiger partial charge in [-0.3, -0.25) is 9.59 Å². The van der Waals surface area contributed by atoms with E-state index in [0.29, 0.717) is 22.2 Å². The molecule has 0 heterocycles. The highest BCUT2D eigenvalue weighted by atomic mass is 79.9. The zero-order chi connectivity index (χ0) is 15.1. The third-order valence-corrected chi connectivity index (χ3v) is 3.43. The lowest BCUT2D eigenvalue weighted by atomic mass is 10.1. The van der Waals surface area contributed by atoms with Crippen LogP contribution in [0.3, 0.4) is 0 Å². The molecule has 6 heteroatoms. The summed E-state index contributed by atoms with van der Waals surface area (Å²) < 4.78 is 5.77. The number of amides is 1. The first-order valence-electron chi connectivity index (χ1n) is 6.34. The standard InChI is InChI=1S/C14H18BrNO4/c1-3-4-10(8-13(17)18)16-14(19)9-5-6-12(20-2)11(15)7-9/h5-7,10H,3-4,8H2,1-2H3,(H,16,19)(H,17,18). The number of benzene rings is 1. The van der Waals surface area contributed by atoms with Crippen molar-refractivity contribution in [1.29, 1.82) is 0 Å². The number of carboxylic acids is 1. The van der Waals surface area contributed by atoms with E-state index in [1.54, 1.807) is 25.3 Å². The molecule has 0 fully saturated rings. The van der Waals surface area contributed by atoms with Gasteiger partial charge in [-0.2, -0.15) is 0 Å². The van der Waals surface area contributed by atoms with E-state index < -0.39 is 5.97 Å². The molecular formula is C14H18BrNO4. The molecule has 20 heavy (non-hydrogen) atoms. The molecule has 0 saturated heterocycles. The monoisotopic (exact) mass is 343 g/mol. The molecule has 1 unspecified atom stereocenters. The minimum Gasteiger partial charge on any atom is -0.496 e. The van der Waals surface area contributed by atoms with Crippen LogP contribution in [-0.2, 0) is 4.79 Å². The second kappa shape index (κ2) is 7.89. The molecule has 1 rings (SSSR count). The molecule has 0 spiro atoms. The third kappa shape index (κ3) is 4.85. The van der Waals surface area contributed by atoms with Crippen LogP contribution in [0.1, 0.15) is 36.5 Å². The predicted molar refractivity (Wildman–Crippen MR) is 79.1 cm³/mol. The van der Waals surface area contributed by atoms with Crippen molar-refractivity contribution in [2.75, 3.05) is 7.11 Å². The number of ether oxygens (including phenoxy) is 1. The molecule has 0 aromatic heterocycles. The number of hydrogen-bond acceptors (Lipinski definition) is 3. The molecule has 0 aliphatic carbocycles. The van der Waals surface area contributed by atoms with Crippen LogP contribution in [0.5, 0.6) is 5.75 Å². The summed E-state index contributed by atoms with van der Waals surface area (Å²) in [6.45, 7) is 1.95. The Morgan fingerprint density at radius 2 is 2.15 bits per heavy atom. The molecule has 0 radical (unpaired) electrons. The number of halogens is 1. The number of hydrogen-bond donors (Lipinski definition) is 2. The van der Waals surface area contributed by atoms with Crippen molar-refractivity contribution in [3.8, 4) is 5.75 Å². The number of methoxy groups -OCH3 is 1. The highest BCUT2D eigenvalue weighted by Crippen LogP contribution is 2.25. The molecule has 5 nitrogen and oxygen atoms in total. The van der Waals surface area contributed by atoms with E-state index in [9.17, 15) is 9.59 Å². The molecule has 1 atom stereocenters. The molecule has 1 amide bonds. The van der Waals surface area contributed by atoms with Crippen molar-refractivity contribution in [2.45, 2.75) is 32.2 Å². The first-order chi connectivity index (χ1) is 9.47. The fraction of sp³-hybridized carbons (Fsp3) is 0.429. The summed E-state index contributed by atoms with van der Waals surface area (Å²) in [6, 6.07) is 4.62. The number of aliphatic carboxylic acids is 1. The Labute approximate surface area is 126 Å². The van der Waals surface area contributed by atoms with E-state index in [2.05, 4.69) is 21.2 Å². The van der Waals surface area contributed by atoms with Crippen LogP contribution in [0.4, 0.5) is 0 Å². The van der Waals surface area contributed by atoms with E-state index in [1.165, 1.54) is 0 Å². The lowest BCUT2D eigenvalue weighted by Crippen LogP contribution is -2.36. The van der Waals surface area contributed by atoms with Gasteiger partial charge in [-0.15, -0.1) is 0 Å². The molecule has 110 valence electrons. The van der Waals surface area contributed by atoms with Crippen molar-refractivity contribution in [3.05, 3.63) is 28.2 Å². The molecule has 0 aliphatic heterocycles. The summed E-state index contributed by atoms with van der Waals surface area (Å²) in [6.07, 6.45) is 1.37. The van der Waals surface area contributed by atoms with Crippen molar-refractivity contribution in [3.63, 3.8) is 0 Å². The zero-order valence-corrected chi connectivity index (χ0v) is 13.1. The number of carbonyl (C=O) groups is 2. The summed E-state index contributed by atoms with van der Waals surface area (Å²) in [5.74, 6) is -0.565. The molecule has 0 aliphatic rings. The van der Waals surface area contributed by atoms with Gasteiger partial charge in [0.25, 0.3) is 5.91 Å². The SMILES string of the molecule is CCCC(CC(=O)O)NC(=O)c1ccc(OC)c(Br)c1. The fourth-order valence-electron chi connectivity index (χ4n) is 1.86. The lowest BCUT2D eigenvalue weighted by molar-refractivity contribution is -0.137. The summed E-state index contributed by atoms with van der Waals surface area (Å²) in [4.78, 5) is 22.9. The fourth-order valence-corrected chi connectivity index (χ4v) is 2.40. The van der Waals surface area contributed by atoms with Gasteiger partial charge < -0.3 is 15.2 Å². The maximum absolute atomic E-state index is 12.1. The van der Waals surface area contributed by atoms with Crippen molar-refractivity contribution in [1.82, 2.24) is 5.32 Å². The first-order valence-corrected chi connectivity index (χ1v) is 7.13. The number of nitrogens with one attached hydrogen (secondary N) is 1. The molecule has 2 N–H and O–H groups in total. The van der Waals surface area contributed by atoms with Crippen LogP contribution in [0.2, 0.25) is 0 Å². The van der Waals surface area contributed by atoms with Gasteiger partial charge in [0.05, 0.1) is 18.0 Å². The Morgan fingerprint density at radius 1 is 1.45 bits per heavy atom. The van der Waals surface area contributed by atoms with E-state index in [-0.39, 0.29) is 18.4 Å². The molecule has 0 bridgehead atoms. The van der Waals surface area contributed by atoms with Crippen LogP contribution >= 0.6 is 15.9 Å². The number of carboxylic acid groups (broad SMARTS) is 1. The van der Waals surface area contributed by atoms with Gasteiger partial charge in [0.2, 0.25) is 0 Å². The van der Waals surface area contributed by atoms with Gasteiger partial charge in [-0.25, -0.2) is 0 Å². The maximum atomic E-state index is 12.1. The van der Waals surface area contributed by atoms with E-state index in [1.807, 2.05) is 6.92 Å². The number of carbonyl (C=O) groups excluding carboxylic acids is 1. The second-order valence-corrected chi connectivity index (χ2v) is 5.26. The van der Waals surface area contributed by atoms with E-state index in [4.69, 9.17) is 9.84 Å². The summed E-state index contributed by atoms with van der Waals surface area (Å²) in [7, 11) is 1.55. The van der Waals surface area contributed by atoms with Gasteiger partial charge in [0.1, 0.15) is 5.75 Å². The smallest absolute Gasteiger partial charge is 0.305 e. The maximum Gasteiger partial charge on any atom is 0.305 e. The Kier molecular flexibility index (Phi) is 6.51. The summed E-state index contributed by atoms with van der Waals surface area (Å²) in [5.41, 5.74) is 0.462. The molecule has 0 saturated carbocycles. The second-order valence-electron chi connectivity index (χ2n) is 4.41. The predicted octanol–water partition coefficient (Wildman–Crippen LogP) is 2.83. The Hall–Kier alpha value is -1.56. The highest BCUT2D eigenvalue weighted by Gasteiger charge is 2.17. The third-order valence-electron chi connectivity index (χ3n) is 2.81. The van der Waals surface area contributed by atoms with E-state index in [0.717, 1.165) is 6.42 Å². The van der Waals surface area contributed by atoms with Gasteiger partial charge in [0.15, 0.2) is 0 Å². The van der Waals surface area contributed by atoms with Crippen LogP contribution in [0.15, 0.2) is 22.7 Å². The van der Waals surface area contributed by atoms with E-state index >= 15 is 0 Å². The van der Waals surface area contributed by atoms with Crippen molar-refractivity contribution < 1.29 is 19.4 Å². The summed E-state index contributed by atoms with van der Waals surface area (Å²) in [5, 5.41) is 11.6. The topological polar surface area (TPSA) is 75.6 Å². The first kappa shape index (κ1) is 16.5. The van der Waals surface area contributed by atoms with Gasteiger partial charge >= 0.3 is 5.97 Å². The number of rotatable bonds is 7. The van der Waals surface area contributed by atoms with Gasteiger partial charge in [-0.1, -0.05) is 13.3 Å². The average molecular weight is 344 g/mol. The zero-order valence-electron chi connectivity index (χ0n) is 11.5. The Balaban J connectivity index is 2.77. The largest absolute Gasteiger partial charge is 0.496 e. The van der Waals surface area contributed by atoms with Crippen LogP contribution in [0, 0.1) is 0 Å². The molecule has 1 aromatic rings. The van der Waals surface area contributed by atoms with Crippen LogP contribution in [0.25, 0.3) is 0 Å². The molecule has 1 aromatic carbocycles. The van der Waals surface area contributed by atoms with Crippen LogP contribution in [-0.4, -0.2) is 30.1 Å². The highest BCUT2D eigenvalue weighted by molar-refractivity contribution is 9.10. The minimum absolute atomic E-state index is 0.0725. The quantitative estimate of drug-likeness (QED) is 0.798. The van der Waals surface area contributed by atoms with Crippen molar-refractivity contribution in [2.24, 2.45) is 0 Å². The lowest BCUT2D eigenvalue weighted by Gasteiger charge is -2.16. The summed E-state index contributed by atoms with van der Waals surface area (Å²) >= 11 is 3.31. The van der Waals surface area contributed by atoms with Gasteiger partial charge in [-0.05, 0) is 40.5 Å². The Bertz CT molecular complexity index is 490. The van der Waals surface area contributed by atoms with Gasteiger partial charge in [0, 0.05) is 11.6 Å². The van der Waals surface area contributed by atoms with Crippen LogP contribution < -0.4 is 10.1 Å². The molecular weight excluding hydrogens is 326 g/mol. The normalized spacial score (nSPS) is 11.8. The van der Waals surface area contributed by atoms with Crippen molar-refractivity contribution >= 4 is 27.8 Å². The minimum atomic E-state index is -0.917. The Morgan fingerprint density at radius 3 is 2.65 bits per heavy atom. The average Bonchev–Trinajstić information content (AvgIpc) is 2.38.